The van der Waals surface area contributed by atoms with Crippen molar-refractivity contribution in [2.45, 2.75) is 13.8 Å². The van der Waals surface area contributed by atoms with Gasteiger partial charge in [-0.3, -0.25) is 9.78 Å². The predicted molar refractivity (Wildman–Crippen MR) is 104 cm³/mol. The van der Waals surface area contributed by atoms with E-state index in [1.54, 1.807) is 25.4 Å². The molecule has 0 radical (unpaired) electrons. The largest absolute Gasteiger partial charge is 0.495 e. The number of carbonyl (C=O) groups is 1. The Morgan fingerprint density at radius 1 is 1.00 bits per heavy atom. The summed E-state index contributed by atoms with van der Waals surface area (Å²) in [5.41, 5.74) is 4.88. The lowest BCUT2D eigenvalue weighted by Crippen LogP contribution is -2.14. The van der Waals surface area contributed by atoms with Crippen LogP contribution >= 0.6 is 0 Å². The first-order chi connectivity index (χ1) is 12.6. The average molecular weight is 347 g/mol. The van der Waals surface area contributed by atoms with E-state index in [1.807, 2.05) is 56.3 Å². The van der Waals surface area contributed by atoms with E-state index < -0.39 is 0 Å². The van der Waals surface area contributed by atoms with Gasteiger partial charge in [-0.2, -0.15) is 0 Å². The minimum absolute atomic E-state index is 0.248. The Morgan fingerprint density at radius 2 is 1.77 bits per heavy atom. The Kier molecular flexibility index (Phi) is 5.17. The van der Waals surface area contributed by atoms with Gasteiger partial charge in [0.05, 0.1) is 12.8 Å². The van der Waals surface area contributed by atoms with Crippen molar-refractivity contribution in [3.05, 3.63) is 77.6 Å². The van der Waals surface area contributed by atoms with Crippen molar-refractivity contribution in [2.75, 3.05) is 17.7 Å². The van der Waals surface area contributed by atoms with Gasteiger partial charge in [0.2, 0.25) is 0 Å². The number of anilines is 3. The molecule has 132 valence electrons. The van der Waals surface area contributed by atoms with Crippen LogP contribution in [0.15, 0.2) is 60.8 Å². The van der Waals surface area contributed by atoms with E-state index in [1.165, 1.54) is 0 Å². The molecule has 0 aliphatic rings. The van der Waals surface area contributed by atoms with Gasteiger partial charge in [0, 0.05) is 17.6 Å². The number of aryl methyl sites for hydroxylation is 1. The van der Waals surface area contributed by atoms with E-state index in [0.717, 1.165) is 33.9 Å². The molecule has 0 saturated heterocycles. The van der Waals surface area contributed by atoms with E-state index in [0.29, 0.717) is 5.69 Å². The van der Waals surface area contributed by atoms with Crippen LogP contribution in [-0.4, -0.2) is 18.0 Å². The number of aromatic nitrogens is 1. The van der Waals surface area contributed by atoms with Crippen LogP contribution in [0, 0.1) is 13.8 Å². The number of rotatable bonds is 5. The van der Waals surface area contributed by atoms with Gasteiger partial charge in [-0.25, -0.2) is 0 Å². The number of pyridine rings is 1. The molecule has 5 nitrogen and oxygen atoms in total. The van der Waals surface area contributed by atoms with Gasteiger partial charge in [0.25, 0.3) is 5.91 Å². The maximum atomic E-state index is 12.6. The third-order valence-electron chi connectivity index (χ3n) is 4.23. The highest BCUT2D eigenvalue weighted by molar-refractivity contribution is 6.03. The summed E-state index contributed by atoms with van der Waals surface area (Å²) in [5, 5.41) is 6.19. The zero-order valence-electron chi connectivity index (χ0n) is 15.0. The molecule has 0 aliphatic carbocycles. The fraction of sp³-hybridized carbons (Fsp3) is 0.143. The lowest BCUT2D eigenvalue weighted by Gasteiger charge is -2.12. The summed E-state index contributed by atoms with van der Waals surface area (Å²) in [7, 11) is 1.62. The molecule has 0 saturated carbocycles. The van der Waals surface area contributed by atoms with E-state index in [-0.39, 0.29) is 5.91 Å². The zero-order valence-corrected chi connectivity index (χ0v) is 15.0. The number of para-hydroxylation sites is 2. The maximum Gasteiger partial charge on any atom is 0.274 e. The number of nitrogens with one attached hydrogen (secondary N) is 2. The molecule has 2 aromatic carbocycles. The number of hydrogen-bond donors (Lipinski definition) is 2. The first-order valence-electron chi connectivity index (χ1n) is 8.32. The second-order valence-electron chi connectivity index (χ2n) is 5.96. The van der Waals surface area contributed by atoms with Crippen LogP contribution in [0.3, 0.4) is 0 Å². The summed E-state index contributed by atoms with van der Waals surface area (Å²) in [6, 6.07) is 16.9. The Balaban J connectivity index is 1.80. The van der Waals surface area contributed by atoms with Crippen molar-refractivity contribution in [1.29, 1.82) is 0 Å². The van der Waals surface area contributed by atoms with Crippen molar-refractivity contribution in [1.82, 2.24) is 4.98 Å². The van der Waals surface area contributed by atoms with Gasteiger partial charge in [-0.15, -0.1) is 0 Å². The summed E-state index contributed by atoms with van der Waals surface area (Å²) in [5.74, 6) is 0.480. The molecule has 3 aromatic rings. The second-order valence-corrected chi connectivity index (χ2v) is 5.96. The summed E-state index contributed by atoms with van der Waals surface area (Å²) >= 11 is 0. The van der Waals surface area contributed by atoms with Crippen LogP contribution in [0.25, 0.3) is 0 Å². The normalized spacial score (nSPS) is 10.3. The minimum atomic E-state index is -0.248. The van der Waals surface area contributed by atoms with Gasteiger partial charge in [-0.05, 0) is 55.3 Å². The van der Waals surface area contributed by atoms with Gasteiger partial charge < -0.3 is 15.4 Å². The molecule has 1 aromatic heterocycles. The SMILES string of the molecule is COc1ccccc1Nc1ccnc(C(=O)Nc2cccc(C)c2C)c1. The molecule has 0 unspecified atom stereocenters. The average Bonchev–Trinajstić information content (AvgIpc) is 2.66. The van der Waals surface area contributed by atoms with Crippen LogP contribution in [0.4, 0.5) is 17.1 Å². The lowest BCUT2D eigenvalue weighted by molar-refractivity contribution is 0.102. The van der Waals surface area contributed by atoms with Crippen LogP contribution in [0.2, 0.25) is 0 Å². The Morgan fingerprint density at radius 3 is 2.58 bits per heavy atom. The van der Waals surface area contributed by atoms with Gasteiger partial charge in [0.1, 0.15) is 11.4 Å². The van der Waals surface area contributed by atoms with Crippen LogP contribution < -0.4 is 15.4 Å². The number of amides is 1. The maximum absolute atomic E-state index is 12.6. The van der Waals surface area contributed by atoms with Crippen molar-refractivity contribution in [3.63, 3.8) is 0 Å². The number of benzene rings is 2. The van der Waals surface area contributed by atoms with E-state index in [9.17, 15) is 4.79 Å². The van der Waals surface area contributed by atoms with E-state index in [2.05, 4.69) is 15.6 Å². The standard InChI is InChI=1S/C21H21N3O2/c1-14-7-6-9-17(15(14)2)24-21(25)19-13-16(11-12-22-19)23-18-8-4-5-10-20(18)26-3/h4-13H,1-3H3,(H,22,23)(H,24,25). The first-order valence-corrected chi connectivity index (χ1v) is 8.32. The molecule has 2 N–H and O–H groups in total. The monoisotopic (exact) mass is 347 g/mol. The quantitative estimate of drug-likeness (QED) is 0.702. The number of carbonyl (C=O) groups excluding carboxylic acids is 1. The van der Waals surface area contributed by atoms with Crippen LogP contribution in [0.1, 0.15) is 21.6 Å². The Bertz CT molecular complexity index is 938. The Labute approximate surface area is 153 Å². The van der Waals surface area contributed by atoms with Gasteiger partial charge >= 0.3 is 0 Å². The second kappa shape index (κ2) is 7.70. The molecule has 0 fully saturated rings. The molecule has 3 rings (SSSR count). The number of methoxy groups -OCH3 is 1. The van der Waals surface area contributed by atoms with E-state index >= 15 is 0 Å². The molecular formula is C21H21N3O2. The lowest BCUT2D eigenvalue weighted by atomic mass is 10.1. The Hall–Kier alpha value is -3.34. The predicted octanol–water partition coefficient (Wildman–Crippen LogP) is 4.70. The molecule has 1 heterocycles. The third-order valence-corrected chi connectivity index (χ3v) is 4.23. The highest BCUT2D eigenvalue weighted by Gasteiger charge is 2.11. The molecule has 0 atom stereocenters. The van der Waals surface area contributed by atoms with Gasteiger partial charge in [0.15, 0.2) is 0 Å². The molecular weight excluding hydrogens is 326 g/mol. The highest BCUT2D eigenvalue weighted by atomic mass is 16.5. The number of ether oxygens (including phenoxy) is 1. The highest BCUT2D eigenvalue weighted by Crippen LogP contribution is 2.27. The first kappa shape index (κ1) is 17.5. The van der Waals surface area contributed by atoms with Crippen molar-refractivity contribution >= 4 is 23.0 Å². The molecule has 0 aliphatic heterocycles. The molecule has 0 spiro atoms. The summed E-state index contributed by atoms with van der Waals surface area (Å²) in [4.78, 5) is 16.8. The molecule has 5 heteroatoms. The zero-order chi connectivity index (χ0) is 18.5. The fourth-order valence-electron chi connectivity index (χ4n) is 2.61. The molecule has 0 bridgehead atoms. The molecule has 1 amide bonds. The van der Waals surface area contributed by atoms with Crippen molar-refractivity contribution in [2.24, 2.45) is 0 Å². The fourth-order valence-corrected chi connectivity index (χ4v) is 2.61. The summed E-state index contributed by atoms with van der Waals surface area (Å²) in [6.45, 7) is 4.00. The van der Waals surface area contributed by atoms with Crippen molar-refractivity contribution in [3.8, 4) is 5.75 Å². The summed E-state index contributed by atoms with van der Waals surface area (Å²) in [6.07, 6.45) is 1.61. The number of hydrogen-bond acceptors (Lipinski definition) is 4. The third kappa shape index (κ3) is 3.83. The van der Waals surface area contributed by atoms with Gasteiger partial charge in [-0.1, -0.05) is 24.3 Å². The van der Waals surface area contributed by atoms with Crippen molar-refractivity contribution < 1.29 is 9.53 Å². The molecule has 26 heavy (non-hydrogen) atoms. The number of nitrogens with zero attached hydrogens (tertiary/aromatic N) is 1. The van der Waals surface area contributed by atoms with Crippen LogP contribution in [0.5, 0.6) is 5.75 Å². The summed E-state index contributed by atoms with van der Waals surface area (Å²) < 4.78 is 5.34. The minimum Gasteiger partial charge on any atom is -0.495 e. The van der Waals surface area contributed by atoms with E-state index in [4.69, 9.17) is 4.74 Å². The van der Waals surface area contributed by atoms with Crippen LogP contribution in [-0.2, 0) is 0 Å². The topological polar surface area (TPSA) is 63.2 Å². The smallest absolute Gasteiger partial charge is 0.274 e.